The highest BCUT2D eigenvalue weighted by Crippen LogP contribution is 2.28. The number of aliphatic carboxylic acids is 1. The molecule has 1 aliphatic rings. The number of carboxylic acids is 1. The topological polar surface area (TPSA) is 37.3 Å². The van der Waals surface area contributed by atoms with E-state index in [4.69, 9.17) is 5.11 Å². The molecule has 0 fully saturated rings. The molecule has 86 valence electrons. The van der Waals surface area contributed by atoms with Crippen molar-refractivity contribution in [1.29, 1.82) is 0 Å². The molecule has 1 atom stereocenters. The first kappa shape index (κ1) is 11.1. The highest BCUT2D eigenvalue weighted by atomic mass is 19.1. The van der Waals surface area contributed by atoms with Gasteiger partial charge in [-0.2, -0.15) is 0 Å². The summed E-state index contributed by atoms with van der Waals surface area (Å²) >= 11 is 0. The zero-order valence-corrected chi connectivity index (χ0v) is 9.29. The highest BCUT2D eigenvalue weighted by molar-refractivity contribution is 5.75. The van der Waals surface area contributed by atoms with Gasteiger partial charge in [-0.3, -0.25) is 4.79 Å². The third-order valence-electron chi connectivity index (χ3n) is 3.30. The molecular weight excluding hydrogens is 207 g/mol. The monoisotopic (exact) mass is 222 g/mol. The maximum atomic E-state index is 13.7. The second-order valence-corrected chi connectivity index (χ2v) is 4.41. The summed E-state index contributed by atoms with van der Waals surface area (Å²) in [4.78, 5) is 10.9. The van der Waals surface area contributed by atoms with Crippen LogP contribution in [0.4, 0.5) is 4.39 Å². The van der Waals surface area contributed by atoms with Gasteiger partial charge < -0.3 is 5.11 Å². The first-order chi connectivity index (χ1) is 7.59. The number of carbonyl (C=O) groups is 1. The van der Waals surface area contributed by atoms with Crippen LogP contribution in [0.2, 0.25) is 0 Å². The van der Waals surface area contributed by atoms with E-state index in [-0.39, 0.29) is 5.82 Å². The molecule has 0 aromatic heterocycles. The van der Waals surface area contributed by atoms with Crippen molar-refractivity contribution in [3.05, 3.63) is 34.6 Å². The standard InChI is InChI=1S/C13H15FO2/c1-8(13(15)16)11-6-9-4-2-3-5-10(9)7-12(11)14/h6-8H,2-5H2,1H3,(H,15,16). The Balaban J connectivity index is 2.43. The molecule has 0 heterocycles. The second-order valence-electron chi connectivity index (χ2n) is 4.41. The van der Waals surface area contributed by atoms with Crippen LogP contribution in [0.1, 0.15) is 42.4 Å². The van der Waals surface area contributed by atoms with E-state index in [1.54, 1.807) is 6.07 Å². The van der Waals surface area contributed by atoms with Crippen molar-refractivity contribution in [1.82, 2.24) is 0 Å². The molecule has 0 saturated heterocycles. The van der Waals surface area contributed by atoms with Crippen LogP contribution in [0, 0.1) is 5.82 Å². The molecule has 0 spiro atoms. The molecule has 0 bridgehead atoms. The van der Waals surface area contributed by atoms with E-state index in [0.29, 0.717) is 5.56 Å². The smallest absolute Gasteiger partial charge is 0.310 e. The van der Waals surface area contributed by atoms with Gasteiger partial charge in [-0.15, -0.1) is 0 Å². The van der Waals surface area contributed by atoms with Gasteiger partial charge >= 0.3 is 5.97 Å². The van der Waals surface area contributed by atoms with Crippen molar-refractivity contribution < 1.29 is 14.3 Å². The molecule has 2 nitrogen and oxygen atoms in total. The molecule has 0 saturated carbocycles. The van der Waals surface area contributed by atoms with E-state index in [1.165, 1.54) is 13.0 Å². The van der Waals surface area contributed by atoms with Crippen molar-refractivity contribution in [2.75, 3.05) is 0 Å². The SMILES string of the molecule is CC(C(=O)O)c1cc2c(cc1F)CCCC2. The Kier molecular flexibility index (Phi) is 2.95. The Morgan fingerprint density at radius 1 is 1.31 bits per heavy atom. The number of halogens is 1. The van der Waals surface area contributed by atoms with Crippen molar-refractivity contribution in [3.8, 4) is 0 Å². The summed E-state index contributed by atoms with van der Waals surface area (Å²) in [6.07, 6.45) is 4.06. The first-order valence-corrected chi connectivity index (χ1v) is 5.63. The minimum Gasteiger partial charge on any atom is -0.481 e. The summed E-state index contributed by atoms with van der Waals surface area (Å²) in [6.45, 7) is 1.52. The number of hydrogen-bond donors (Lipinski definition) is 1. The predicted octanol–water partition coefficient (Wildman–Crippen LogP) is 2.89. The fourth-order valence-electron chi connectivity index (χ4n) is 2.24. The summed E-state index contributed by atoms with van der Waals surface area (Å²) < 4.78 is 13.7. The summed E-state index contributed by atoms with van der Waals surface area (Å²) in [5, 5.41) is 8.90. The van der Waals surface area contributed by atoms with Gasteiger partial charge in [-0.25, -0.2) is 4.39 Å². The number of hydrogen-bond acceptors (Lipinski definition) is 1. The molecule has 16 heavy (non-hydrogen) atoms. The van der Waals surface area contributed by atoms with Gasteiger partial charge in [0.25, 0.3) is 0 Å². The first-order valence-electron chi connectivity index (χ1n) is 5.63. The van der Waals surface area contributed by atoms with Crippen LogP contribution in [0.3, 0.4) is 0 Å². The predicted molar refractivity (Wildman–Crippen MR) is 59.1 cm³/mol. The molecule has 0 amide bonds. The Morgan fingerprint density at radius 3 is 2.44 bits per heavy atom. The minimum absolute atomic E-state index is 0.313. The summed E-state index contributed by atoms with van der Waals surface area (Å²) in [7, 11) is 0. The van der Waals surface area contributed by atoms with E-state index in [1.807, 2.05) is 0 Å². The number of benzene rings is 1. The molecule has 1 unspecified atom stereocenters. The van der Waals surface area contributed by atoms with E-state index in [2.05, 4.69) is 0 Å². The molecule has 0 radical (unpaired) electrons. The maximum Gasteiger partial charge on any atom is 0.310 e. The summed E-state index contributed by atoms with van der Waals surface area (Å²) in [6, 6.07) is 3.26. The summed E-state index contributed by atoms with van der Waals surface area (Å²) in [5.74, 6) is -2.13. The third-order valence-corrected chi connectivity index (χ3v) is 3.30. The van der Waals surface area contributed by atoms with E-state index < -0.39 is 11.9 Å². The molecule has 1 N–H and O–H groups in total. The molecule has 1 aromatic carbocycles. The molecule has 2 rings (SSSR count). The van der Waals surface area contributed by atoms with Crippen LogP contribution in [-0.2, 0) is 17.6 Å². The van der Waals surface area contributed by atoms with Crippen LogP contribution in [0.15, 0.2) is 12.1 Å². The van der Waals surface area contributed by atoms with Gasteiger partial charge in [0.1, 0.15) is 5.82 Å². The van der Waals surface area contributed by atoms with Crippen LogP contribution >= 0.6 is 0 Å². The lowest BCUT2D eigenvalue weighted by Gasteiger charge is -2.18. The molecule has 1 aliphatic carbocycles. The van der Waals surface area contributed by atoms with Crippen molar-refractivity contribution >= 4 is 5.97 Å². The van der Waals surface area contributed by atoms with Crippen LogP contribution in [-0.4, -0.2) is 11.1 Å². The number of carboxylic acid groups (broad SMARTS) is 1. The van der Waals surface area contributed by atoms with Gasteiger partial charge in [0.15, 0.2) is 0 Å². The zero-order valence-electron chi connectivity index (χ0n) is 9.29. The highest BCUT2D eigenvalue weighted by Gasteiger charge is 2.21. The molecule has 3 heteroatoms. The maximum absolute atomic E-state index is 13.7. The molecule has 0 aliphatic heterocycles. The number of rotatable bonds is 2. The van der Waals surface area contributed by atoms with Gasteiger partial charge in [0.2, 0.25) is 0 Å². The lowest BCUT2D eigenvalue weighted by atomic mass is 9.87. The lowest BCUT2D eigenvalue weighted by Crippen LogP contribution is -2.12. The Morgan fingerprint density at radius 2 is 1.88 bits per heavy atom. The fourth-order valence-corrected chi connectivity index (χ4v) is 2.24. The minimum atomic E-state index is -0.977. The average molecular weight is 222 g/mol. The lowest BCUT2D eigenvalue weighted by molar-refractivity contribution is -0.138. The van der Waals surface area contributed by atoms with Crippen molar-refractivity contribution in [3.63, 3.8) is 0 Å². The Hall–Kier alpha value is -1.38. The number of aryl methyl sites for hydroxylation is 2. The average Bonchev–Trinajstić information content (AvgIpc) is 2.27. The largest absolute Gasteiger partial charge is 0.481 e. The van der Waals surface area contributed by atoms with E-state index in [9.17, 15) is 9.18 Å². The fraction of sp³-hybridized carbons (Fsp3) is 0.462. The van der Waals surface area contributed by atoms with E-state index >= 15 is 0 Å². The van der Waals surface area contributed by atoms with Crippen LogP contribution < -0.4 is 0 Å². The van der Waals surface area contributed by atoms with Crippen molar-refractivity contribution in [2.24, 2.45) is 0 Å². The van der Waals surface area contributed by atoms with Gasteiger partial charge in [0, 0.05) is 5.56 Å². The van der Waals surface area contributed by atoms with Crippen LogP contribution in [0.5, 0.6) is 0 Å². The molecule has 1 aromatic rings. The Bertz CT molecular complexity index is 426. The Labute approximate surface area is 94.1 Å². The third kappa shape index (κ3) is 1.94. The van der Waals surface area contributed by atoms with E-state index in [0.717, 1.165) is 36.8 Å². The molecular formula is C13H15FO2. The van der Waals surface area contributed by atoms with Crippen molar-refractivity contribution in [2.45, 2.75) is 38.5 Å². The van der Waals surface area contributed by atoms with Gasteiger partial charge in [-0.05, 0) is 49.8 Å². The summed E-state index contributed by atoms with van der Waals surface area (Å²) in [5.41, 5.74) is 2.48. The zero-order chi connectivity index (χ0) is 11.7. The number of fused-ring (bicyclic) bond motifs is 1. The van der Waals surface area contributed by atoms with Crippen LogP contribution in [0.25, 0.3) is 0 Å². The normalized spacial score (nSPS) is 16.6. The van der Waals surface area contributed by atoms with Gasteiger partial charge in [0.05, 0.1) is 5.92 Å². The van der Waals surface area contributed by atoms with Gasteiger partial charge in [-0.1, -0.05) is 6.07 Å². The quantitative estimate of drug-likeness (QED) is 0.835. The second kappa shape index (κ2) is 4.24.